The van der Waals surface area contributed by atoms with E-state index in [1.54, 1.807) is 12.1 Å². The summed E-state index contributed by atoms with van der Waals surface area (Å²) >= 11 is 6.25. The van der Waals surface area contributed by atoms with Crippen LogP contribution in [0.2, 0.25) is 5.02 Å². The van der Waals surface area contributed by atoms with Gasteiger partial charge in [-0.15, -0.1) is 0 Å². The zero-order chi connectivity index (χ0) is 14.7. The fourth-order valence-electron chi connectivity index (χ4n) is 2.03. The molecule has 0 saturated carbocycles. The third-order valence-electron chi connectivity index (χ3n) is 3.07. The Balaban J connectivity index is 2.25. The zero-order valence-corrected chi connectivity index (χ0v) is 12.0. The number of halogens is 1. The monoisotopic (exact) mass is 298 g/mol. The van der Waals surface area contributed by atoms with Gasteiger partial charge in [0.15, 0.2) is 11.5 Å². The Morgan fingerprint density at radius 3 is 2.70 bits per heavy atom. The lowest BCUT2D eigenvalue weighted by Gasteiger charge is -2.27. The second-order valence-corrected chi connectivity index (χ2v) is 4.63. The highest BCUT2D eigenvalue weighted by Crippen LogP contribution is 2.37. The number of carbonyl (C=O) groups excluding carboxylic acids is 2. The molecule has 1 heterocycles. The fraction of sp³-hybridized carbons (Fsp3) is 0.385. The van der Waals surface area contributed by atoms with E-state index in [-0.39, 0.29) is 6.54 Å². The van der Waals surface area contributed by atoms with E-state index in [0.717, 1.165) is 0 Å². The lowest BCUT2D eigenvalue weighted by atomic mass is 10.1. The number of ether oxygens (including phenoxy) is 2. The van der Waals surface area contributed by atoms with Gasteiger partial charge in [0.2, 0.25) is 0 Å². The van der Waals surface area contributed by atoms with E-state index >= 15 is 0 Å². The quantitative estimate of drug-likeness (QED) is 0.836. The van der Waals surface area contributed by atoms with Gasteiger partial charge in [0.05, 0.1) is 19.2 Å². The molecule has 0 spiro atoms. The summed E-state index contributed by atoms with van der Waals surface area (Å²) in [5.74, 6) is -0.209. The predicted octanol–water partition coefficient (Wildman–Crippen LogP) is 0.816. The number of amides is 2. The Kier molecular flexibility index (Phi) is 4.34. The van der Waals surface area contributed by atoms with Crippen LogP contribution in [-0.2, 0) is 16.1 Å². The Hall–Kier alpha value is -1.95. The molecular weight excluding hydrogens is 284 g/mol. The number of nitrogens with one attached hydrogen (secondary N) is 1. The van der Waals surface area contributed by atoms with E-state index in [0.29, 0.717) is 35.2 Å². The van der Waals surface area contributed by atoms with Crippen LogP contribution in [0.1, 0.15) is 5.56 Å². The van der Waals surface area contributed by atoms with Crippen molar-refractivity contribution in [3.8, 4) is 11.5 Å². The van der Waals surface area contributed by atoms with Gasteiger partial charge < -0.3 is 19.7 Å². The van der Waals surface area contributed by atoms with Crippen LogP contribution in [0.15, 0.2) is 12.1 Å². The predicted molar refractivity (Wildman–Crippen MR) is 73.0 cm³/mol. The van der Waals surface area contributed by atoms with E-state index < -0.39 is 11.8 Å². The highest BCUT2D eigenvalue weighted by atomic mass is 35.5. The van der Waals surface area contributed by atoms with Crippen molar-refractivity contribution in [2.75, 3.05) is 27.3 Å². The van der Waals surface area contributed by atoms with Crippen molar-refractivity contribution in [2.24, 2.45) is 0 Å². The number of nitrogens with zero attached hydrogens (tertiary/aromatic N) is 1. The number of methoxy groups -OCH3 is 2. The average molecular weight is 299 g/mol. The molecule has 0 bridgehead atoms. The van der Waals surface area contributed by atoms with Crippen LogP contribution in [0.25, 0.3) is 0 Å². The summed E-state index contributed by atoms with van der Waals surface area (Å²) < 4.78 is 10.4. The molecule has 0 radical (unpaired) electrons. The number of rotatable bonds is 4. The third-order valence-corrected chi connectivity index (χ3v) is 3.49. The van der Waals surface area contributed by atoms with E-state index in [4.69, 9.17) is 21.1 Å². The second-order valence-electron chi connectivity index (χ2n) is 4.26. The van der Waals surface area contributed by atoms with E-state index in [1.807, 2.05) is 0 Å². The molecule has 1 saturated heterocycles. The van der Waals surface area contributed by atoms with Crippen LogP contribution >= 0.6 is 11.6 Å². The first-order valence-corrected chi connectivity index (χ1v) is 6.42. The van der Waals surface area contributed by atoms with Crippen molar-refractivity contribution < 1.29 is 19.1 Å². The molecule has 2 rings (SSSR count). The van der Waals surface area contributed by atoms with Gasteiger partial charge in [-0.05, 0) is 11.6 Å². The van der Waals surface area contributed by atoms with Gasteiger partial charge in [0, 0.05) is 19.6 Å². The molecule has 1 fully saturated rings. The summed E-state index contributed by atoms with van der Waals surface area (Å²) in [6, 6.07) is 3.47. The molecule has 1 aliphatic heterocycles. The maximum absolute atomic E-state index is 11.7. The van der Waals surface area contributed by atoms with Crippen LogP contribution < -0.4 is 14.8 Å². The van der Waals surface area contributed by atoms with Crippen molar-refractivity contribution in [1.29, 1.82) is 0 Å². The molecule has 0 aliphatic carbocycles. The van der Waals surface area contributed by atoms with Gasteiger partial charge in [-0.2, -0.15) is 0 Å². The van der Waals surface area contributed by atoms with Crippen LogP contribution in [-0.4, -0.2) is 44.0 Å². The summed E-state index contributed by atoms with van der Waals surface area (Å²) in [4.78, 5) is 24.5. The molecule has 1 aromatic rings. The summed E-state index contributed by atoms with van der Waals surface area (Å²) in [5, 5.41) is 2.88. The van der Waals surface area contributed by atoms with Crippen molar-refractivity contribution in [3.63, 3.8) is 0 Å². The number of benzene rings is 1. The van der Waals surface area contributed by atoms with E-state index in [9.17, 15) is 9.59 Å². The Morgan fingerprint density at radius 2 is 2.05 bits per heavy atom. The topological polar surface area (TPSA) is 67.9 Å². The van der Waals surface area contributed by atoms with Crippen molar-refractivity contribution in [2.45, 2.75) is 6.54 Å². The highest BCUT2D eigenvalue weighted by Gasteiger charge is 2.27. The molecule has 7 heteroatoms. The van der Waals surface area contributed by atoms with Gasteiger partial charge >= 0.3 is 11.8 Å². The van der Waals surface area contributed by atoms with Crippen molar-refractivity contribution in [1.82, 2.24) is 10.2 Å². The molecule has 1 aromatic carbocycles. The van der Waals surface area contributed by atoms with Crippen molar-refractivity contribution in [3.05, 3.63) is 22.7 Å². The minimum Gasteiger partial charge on any atom is -0.493 e. The average Bonchev–Trinajstić information content (AvgIpc) is 2.45. The number of piperazine rings is 1. The number of carbonyl (C=O) groups is 2. The van der Waals surface area contributed by atoms with Crippen LogP contribution in [0.3, 0.4) is 0 Å². The van der Waals surface area contributed by atoms with Crippen molar-refractivity contribution >= 4 is 23.4 Å². The van der Waals surface area contributed by atoms with Gasteiger partial charge in [-0.3, -0.25) is 9.59 Å². The molecule has 0 aromatic heterocycles. The van der Waals surface area contributed by atoms with Gasteiger partial charge in [0.25, 0.3) is 0 Å². The first-order chi connectivity index (χ1) is 9.58. The zero-order valence-electron chi connectivity index (χ0n) is 11.2. The van der Waals surface area contributed by atoms with Gasteiger partial charge in [0.1, 0.15) is 0 Å². The molecule has 0 atom stereocenters. The standard InChI is InChI=1S/C13H15ClN2O4/c1-19-9-4-3-8(10(14)11(9)20-2)7-16-6-5-15-12(17)13(16)18/h3-4H,5-7H2,1-2H3,(H,15,17). The summed E-state index contributed by atoms with van der Waals surface area (Å²) in [6.07, 6.45) is 0. The first kappa shape index (κ1) is 14.5. The minimum absolute atomic E-state index is 0.255. The molecular formula is C13H15ClN2O4. The third kappa shape index (κ3) is 2.65. The smallest absolute Gasteiger partial charge is 0.312 e. The molecule has 1 aliphatic rings. The van der Waals surface area contributed by atoms with Gasteiger partial charge in [-0.1, -0.05) is 17.7 Å². The van der Waals surface area contributed by atoms with Crippen LogP contribution in [0.4, 0.5) is 0 Å². The largest absolute Gasteiger partial charge is 0.493 e. The van der Waals surface area contributed by atoms with Crippen LogP contribution in [0, 0.1) is 0 Å². The SMILES string of the molecule is COc1ccc(CN2CCNC(=O)C2=O)c(Cl)c1OC. The molecule has 108 valence electrons. The summed E-state index contributed by atoms with van der Waals surface area (Å²) in [7, 11) is 3.01. The Bertz CT molecular complexity index is 547. The molecule has 1 N–H and O–H groups in total. The molecule has 20 heavy (non-hydrogen) atoms. The summed E-state index contributed by atoms with van der Waals surface area (Å²) in [6.45, 7) is 1.15. The Labute approximate surface area is 121 Å². The van der Waals surface area contributed by atoms with E-state index in [1.165, 1.54) is 19.1 Å². The number of hydrogen-bond acceptors (Lipinski definition) is 4. The van der Waals surface area contributed by atoms with Gasteiger partial charge in [-0.25, -0.2) is 0 Å². The second kappa shape index (κ2) is 6.00. The van der Waals surface area contributed by atoms with Crippen LogP contribution in [0.5, 0.6) is 11.5 Å². The summed E-state index contributed by atoms with van der Waals surface area (Å²) in [5.41, 5.74) is 0.701. The highest BCUT2D eigenvalue weighted by molar-refractivity contribution is 6.35. The lowest BCUT2D eigenvalue weighted by Crippen LogP contribution is -2.51. The minimum atomic E-state index is -0.590. The number of hydrogen-bond donors (Lipinski definition) is 1. The lowest BCUT2D eigenvalue weighted by molar-refractivity contribution is -0.148. The van der Waals surface area contributed by atoms with E-state index in [2.05, 4.69) is 5.32 Å². The normalized spacial score (nSPS) is 15.1. The molecule has 6 nitrogen and oxygen atoms in total. The Morgan fingerprint density at radius 1 is 1.30 bits per heavy atom. The molecule has 0 unspecified atom stereocenters. The maximum atomic E-state index is 11.7. The maximum Gasteiger partial charge on any atom is 0.312 e. The first-order valence-electron chi connectivity index (χ1n) is 6.05. The molecule has 2 amide bonds. The fourth-order valence-corrected chi connectivity index (χ4v) is 2.33.